The van der Waals surface area contributed by atoms with Crippen LogP contribution >= 0.6 is 11.6 Å². The number of nitrogens with two attached hydrogens (primary N) is 1. The maximum absolute atomic E-state index is 12.9. The fourth-order valence-corrected chi connectivity index (χ4v) is 5.00. The number of hydrogen-bond acceptors (Lipinski definition) is 4. The molecule has 186 valence electrons. The van der Waals surface area contributed by atoms with Crippen LogP contribution in [0.15, 0.2) is 48.5 Å². The van der Waals surface area contributed by atoms with Crippen molar-refractivity contribution in [1.82, 2.24) is 9.80 Å². The van der Waals surface area contributed by atoms with Crippen molar-refractivity contribution < 1.29 is 14.4 Å². The van der Waals surface area contributed by atoms with Crippen LogP contribution in [0.4, 0.5) is 5.69 Å². The molecule has 0 bridgehead atoms. The minimum absolute atomic E-state index is 0.0148. The van der Waals surface area contributed by atoms with E-state index in [9.17, 15) is 14.4 Å². The lowest BCUT2D eigenvalue weighted by atomic mass is 9.96. The van der Waals surface area contributed by atoms with Gasteiger partial charge in [0.2, 0.25) is 11.8 Å². The molecular formula is C27H33ClN4O3. The number of benzene rings is 2. The maximum atomic E-state index is 12.9. The van der Waals surface area contributed by atoms with Gasteiger partial charge in [-0.2, -0.15) is 0 Å². The number of primary amides is 1. The second-order valence-electron chi connectivity index (χ2n) is 9.55. The Balaban J connectivity index is 1.24. The van der Waals surface area contributed by atoms with Crippen LogP contribution in [0.5, 0.6) is 0 Å². The zero-order chi connectivity index (χ0) is 24.8. The number of nitrogens with zero attached hydrogens (tertiary/aromatic N) is 2. The predicted octanol–water partition coefficient (Wildman–Crippen LogP) is 3.57. The fourth-order valence-electron chi connectivity index (χ4n) is 4.88. The van der Waals surface area contributed by atoms with Crippen molar-refractivity contribution >= 4 is 35.0 Å². The quantitative estimate of drug-likeness (QED) is 0.612. The number of rotatable bonds is 7. The first kappa shape index (κ1) is 25.2. The third kappa shape index (κ3) is 6.83. The van der Waals surface area contributed by atoms with E-state index in [2.05, 4.69) is 10.2 Å². The highest BCUT2D eigenvalue weighted by atomic mass is 35.5. The molecule has 1 unspecified atom stereocenters. The number of hydrogen-bond donors (Lipinski definition) is 2. The Kier molecular flexibility index (Phi) is 8.42. The van der Waals surface area contributed by atoms with Crippen LogP contribution in [-0.4, -0.2) is 60.2 Å². The number of carbonyl (C=O) groups is 3. The molecule has 35 heavy (non-hydrogen) atoms. The summed E-state index contributed by atoms with van der Waals surface area (Å²) < 4.78 is 0. The number of carbonyl (C=O) groups excluding carboxylic acids is 3. The number of amides is 3. The number of halogens is 1. The molecule has 4 rings (SSSR count). The number of piperidine rings is 2. The van der Waals surface area contributed by atoms with Gasteiger partial charge in [-0.3, -0.25) is 14.4 Å². The molecule has 0 saturated carbocycles. The summed E-state index contributed by atoms with van der Waals surface area (Å²) in [6.45, 7) is 3.82. The third-order valence-corrected chi connectivity index (χ3v) is 7.35. The van der Waals surface area contributed by atoms with Crippen molar-refractivity contribution in [3.05, 3.63) is 64.7 Å². The zero-order valence-corrected chi connectivity index (χ0v) is 20.7. The summed E-state index contributed by atoms with van der Waals surface area (Å²) in [4.78, 5) is 41.2. The molecule has 3 N–H and O–H groups in total. The van der Waals surface area contributed by atoms with E-state index in [4.69, 9.17) is 17.3 Å². The molecule has 3 amide bonds. The Bertz CT molecular complexity index is 1030. The molecule has 2 fully saturated rings. The molecule has 2 aliphatic rings. The summed E-state index contributed by atoms with van der Waals surface area (Å²) in [6.07, 6.45) is 4.15. The lowest BCUT2D eigenvalue weighted by Crippen LogP contribution is -2.43. The Morgan fingerprint density at radius 2 is 1.60 bits per heavy atom. The van der Waals surface area contributed by atoms with Crippen LogP contribution in [0, 0.1) is 11.8 Å². The first-order valence-electron chi connectivity index (χ1n) is 12.4. The highest BCUT2D eigenvalue weighted by molar-refractivity contribution is 6.30. The topological polar surface area (TPSA) is 95.7 Å². The van der Waals surface area contributed by atoms with Gasteiger partial charge >= 0.3 is 0 Å². The highest BCUT2D eigenvalue weighted by Crippen LogP contribution is 2.22. The van der Waals surface area contributed by atoms with E-state index in [0.717, 1.165) is 57.4 Å². The lowest BCUT2D eigenvalue weighted by molar-refractivity contribution is -0.123. The minimum Gasteiger partial charge on any atom is -0.369 e. The van der Waals surface area contributed by atoms with Gasteiger partial charge in [0.05, 0.1) is 5.92 Å². The SMILES string of the molecule is NC(=O)C1CCN(CCc2ccc(NC(=O)C3CCCN(C(=O)c4ccc(Cl)cc4)C3)cc2)CC1. The summed E-state index contributed by atoms with van der Waals surface area (Å²) in [5.74, 6) is -0.522. The summed E-state index contributed by atoms with van der Waals surface area (Å²) in [5.41, 5.74) is 7.97. The van der Waals surface area contributed by atoms with Gasteiger partial charge in [-0.1, -0.05) is 23.7 Å². The standard InChI is InChI=1S/C27H33ClN4O3/c28-23-7-5-21(6-8-23)27(35)32-14-1-2-22(18-32)26(34)30-24-9-3-19(4-10-24)11-15-31-16-12-20(13-17-31)25(29)33/h3-10,20,22H,1-2,11-18H2,(H2,29,33)(H,30,34). The number of anilines is 1. The molecular weight excluding hydrogens is 464 g/mol. The molecule has 7 nitrogen and oxygen atoms in total. The normalized spacial score (nSPS) is 19.3. The van der Waals surface area contributed by atoms with Crippen molar-refractivity contribution in [1.29, 1.82) is 0 Å². The van der Waals surface area contributed by atoms with Gasteiger partial charge in [-0.25, -0.2) is 0 Å². The van der Waals surface area contributed by atoms with Crippen molar-refractivity contribution in [3.63, 3.8) is 0 Å². The molecule has 2 aromatic carbocycles. The summed E-state index contributed by atoms with van der Waals surface area (Å²) in [5, 5.41) is 3.61. The second-order valence-corrected chi connectivity index (χ2v) is 9.99. The van der Waals surface area contributed by atoms with Gasteiger partial charge in [-0.05, 0) is 87.2 Å². The van der Waals surface area contributed by atoms with Crippen molar-refractivity contribution in [3.8, 4) is 0 Å². The Labute approximate surface area is 211 Å². The Hall–Kier alpha value is -2.90. The van der Waals surface area contributed by atoms with Crippen molar-refractivity contribution in [2.24, 2.45) is 17.6 Å². The average molecular weight is 497 g/mol. The van der Waals surface area contributed by atoms with Crippen LogP contribution in [0.1, 0.15) is 41.6 Å². The molecule has 0 aromatic heterocycles. The summed E-state index contributed by atoms with van der Waals surface area (Å²) in [6, 6.07) is 14.8. The second kappa shape index (κ2) is 11.7. The molecule has 8 heteroatoms. The molecule has 2 saturated heterocycles. The van der Waals surface area contributed by atoms with E-state index in [1.807, 2.05) is 24.3 Å². The largest absolute Gasteiger partial charge is 0.369 e. The molecule has 0 radical (unpaired) electrons. The molecule has 2 aromatic rings. The fraction of sp³-hybridized carbons (Fsp3) is 0.444. The van der Waals surface area contributed by atoms with E-state index in [1.165, 1.54) is 5.56 Å². The number of likely N-dealkylation sites (tertiary alicyclic amines) is 2. The predicted molar refractivity (Wildman–Crippen MR) is 137 cm³/mol. The van der Waals surface area contributed by atoms with Gasteiger partial charge in [0.15, 0.2) is 0 Å². The van der Waals surface area contributed by atoms with E-state index in [1.54, 1.807) is 29.2 Å². The van der Waals surface area contributed by atoms with Crippen molar-refractivity contribution in [2.75, 3.05) is 38.0 Å². The van der Waals surface area contributed by atoms with E-state index in [0.29, 0.717) is 23.7 Å². The van der Waals surface area contributed by atoms with Crippen molar-refractivity contribution in [2.45, 2.75) is 32.1 Å². The first-order valence-corrected chi connectivity index (χ1v) is 12.7. The molecule has 2 heterocycles. The average Bonchev–Trinajstić information content (AvgIpc) is 2.88. The van der Waals surface area contributed by atoms with Gasteiger partial charge in [-0.15, -0.1) is 0 Å². The molecule has 0 aliphatic carbocycles. The minimum atomic E-state index is -0.233. The van der Waals surface area contributed by atoms with Gasteiger partial charge in [0.1, 0.15) is 0 Å². The Morgan fingerprint density at radius 1 is 0.914 bits per heavy atom. The molecule has 2 aliphatic heterocycles. The highest BCUT2D eigenvalue weighted by Gasteiger charge is 2.29. The summed E-state index contributed by atoms with van der Waals surface area (Å²) >= 11 is 5.93. The van der Waals surface area contributed by atoms with Gasteiger partial charge in [0, 0.05) is 41.8 Å². The van der Waals surface area contributed by atoms with E-state index < -0.39 is 0 Å². The molecule has 1 atom stereocenters. The van der Waals surface area contributed by atoms with Gasteiger partial charge in [0.25, 0.3) is 5.91 Å². The Morgan fingerprint density at radius 3 is 2.26 bits per heavy atom. The van der Waals surface area contributed by atoms with Crippen LogP contribution < -0.4 is 11.1 Å². The van der Waals surface area contributed by atoms with Crippen LogP contribution in [0.2, 0.25) is 5.02 Å². The zero-order valence-electron chi connectivity index (χ0n) is 19.9. The van der Waals surface area contributed by atoms with Crippen LogP contribution in [0.25, 0.3) is 0 Å². The molecule has 0 spiro atoms. The first-order chi connectivity index (χ1) is 16.9. The third-order valence-electron chi connectivity index (χ3n) is 7.10. The summed E-state index contributed by atoms with van der Waals surface area (Å²) in [7, 11) is 0. The number of nitrogens with one attached hydrogen (secondary N) is 1. The maximum Gasteiger partial charge on any atom is 0.253 e. The smallest absolute Gasteiger partial charge is 0.253 e. The van der Waals surface area contributed by atoms with E-state index >= 15 is 0 Å². The monoisotopic (exact) mass is 496 g/mol. The lowest BCUT2D eigenvalue weighted by Gasteiger charge is -2.32. The van der Waals surface area contributed by atoms with E-state index in [-0.39, 0.29) is 29.6 Å². The van der Waals surface area contributed by atoms with Crippen LogP contribution in [-0.2, 0) is 16.0 Å². The van der Waals surface area contributed by atoms with Crippen LogP contribution in [0.3, 0.4) is 0 Å². The van der Waals surface area contributed by atoms with Gasteiger partial charge < -0.3 is 20.9 Å².